The number of rotatable bonds is 5. The zero-order chi connectivity index (χ0) is 17.9. The molecule has 0 atom stereocenters. The summed E-state index contributed by atoms with van der Waals surface area (Å²) in [5.41, 5.74) is 0. The van der Waals surface area contributed by atoms with E-state index in [1.807, 2.05) is 0 Å². The second-order valence-corrected chi connectivity index (χ2v) is 8.54. The molecule has 0 aliphatic rings. The lowest BCUT2D eigenvalue weighted by atomic mass is 10.3. The molecule has 2 aromatic carbocycles. The van der Waals surface area contributed by atoms with Gasteiger partial charge in [-0.2, -0.15) is 4.31 Å². The second-order valence-electron chi connectivity index (χ2n) is 4.76. The lowest BCUT2D eigenvalue weighted by Crippen LogP contribution is -2.34. The SMILES string of the molecule is CN(CC(=O)Oc1ccc(Cl)cc1Br)S(=O)(=O)c1ccc(Cl)cc1. The molecule has 5 nitrogen and oxygen atoms in total. The summed E-state index contributed by atoms with van der Waals surface area (Å²) < 4.78 is 31.3. The first-order chi connectivity index (χ1) is 11.2. The molecule has 0 aliphatic carbocycles. The van der Waals surface area contributed by atoms with Crippen molar-refractivity contribution in [3.63, 3.8) is 0 Å². The van der Waals surface area contributed by atoms with Gasteiger partial charge in [0.1, 0.15) is 12.3 Å². The van der Waals surface area contributed by atoms with Crippen LogP contribution in [-0.4, -0.2) is 32.3 Å². The Kier molecular flexibility index (Phi) is 6.28. The van der Waals surface area contributed by atoms with Crippen LogP contribution in [0.3, 0.4) is 0 Å². The maximum Gasteiger partial charge on any atom is 0.326 e. The zero-order valence-corrected chi connectivity index (χ0v) is 16.3. The summed E-state index contributed by atoms with van der Waals surface area (Å²) in [7, 11) is -2.53. The molecule has 0 amide bonds. The molecule has 2 aromatic rings. The molecule has 0 bridgehead atoms. The molecule has 9 heteroatoms. The number of ether oxygens (including phenoxy) is 1. The molecule has 0 unspecified atom stereocenters. The van der Waals surface area contributed by atoms with Crippen LogP contribution >= 0.6 is 39.1 Å². The van der Waals surface area contributed by atoms with E-state index in [0.717, 1.165) is 4.31 Å². The molecule has 128 valence electrons. The predicted octanol–water partition coefficient (Wildman–Crippen LogP) is 3.98. The van der Waals surface area contributed by atoms with Gasteiger partial charge >= 0.3 is 5.97 Å². The van der Waals surface area contributed by atoms with Crippen molar-refractivity contribution < 1.29 is 17.9 Å². The first-order valence-electron chi connectivity index (χ1n) is 6.58. The Morgan fingerprint density at radius 3 is 2.29 bits per heavy atom. The van der Waals surface area contributed by atoms with Crippen molar-refractivity contribution in [2.24, 2.45) is 0 Å². The van der Waals surface area contributed by atoms with Gasteiger partial charge in [0.25, 0.3) is 0 Å². The van der Waals surface area contributed by atoms with Crippen LogP contribution in [0.1, 0.15) is 0 Å². The number of sulfonamides is 1. The van der Waals surface area contributed by atoms with Gasteiger partial charge in [-0.1, -0.05) is 23.2 Å². The molecule has 0 radical (unpaired) electrons. The van der Waals surface area contributed by atoms with Gasteiger partial charge in [-0.15, -0.1) is 0 Å². The zero-order valence-electron chi connectivity index (χ0n) is 12.4. The molecule has 0 fully saturated rings. The maximum absolute atomic E-state index is 12.4. The van der Waals surface area contributed by atoms with E-state index in [1.54, 1.807) is 12.1 Å². The average molecular weight is 453 g/mol. The van der Waals surface area contributed by atoms with Crippen LogP contribution in [0, 0.1) is 0 Å². The number of likely N-dealkylation sites (N-methyl/N-ethyl adjacent to an activating group) is 1. The first-order valence-corrected chi connectivity index (χ1v) is 9.56. The van der Waals surface area contributed by atoms with Gasteiger partial charge in [-0.3, -0.25) is 4.79 Å². The Morgan fingerprint density at radius 2 is 1.71 bits per heavy atom. The van der Waals surface area contributed by atoms with Crippen molar-refractivity contribution in [1.29, 1.82) is 0 Å². The van der Waals surface area contributed by atoms with Crippen LogP contribution in [0.5, 0.6) is 5.75 Å². The Balaban J connectivity index is 2.09. The smallest absolute Gasteiger partial charge is 0.326 e. The maximum atomic E-state index is 12.4. The van der Waals surface area contributed by atoms with Crippen LogP contribution < -0.4 is 4.74 Å². The highest BCUT2D eigenvalue weighted by Gasteiger charge is 2.24. The van der Waals surface area contributed by atoms with E-state index in [4.69, 9.17) is 27.9 Å². The molecule has 0 saturated heterocycles. The number of carbonyl (C=O) groups excluding carboxylic acids is 1. The lowest BCUT2D eigenvalue weighted by Gasteiger charge is -2.16. The summed E-state index contributed by atoms with van der Waals surface area (Å²) in [6.07, 6.45) is 0. The summed E-state index contributed by atoms with van der Waals surface area (Å²) in [4.78, 5) is 12.0. The molecule has 0 N–H and O–H groups in total. The van der Waals surface area contributed by atoms with E-state index in [9.17, 15) is 13.2 Å². The van der Waals surface area contributed by atoms with E-state index in [2.05, 4.69) is 15.9 Å². The fourth-order valence-electron chi connectivity index (χ4n) is 1.77. The summed E-state index contributed by atoms with van der Waals surface area (Å²) >= 11 is 14.8. The molecule has 0 spiro atoms. The van der Waals surface area contributed by atoms with Gasteiger partial charge in [0.2, 0.25) is 10.0 Å². The first kappa shape index (κ1) is 19.2. The van der Waals surface area contributed by atoms with Gasteiger partial charge in [0.05, 0.1) is 9.37 Å². The van der Waals surface area contributed by atoms with Crippen LogP contribution in [0.25, 0.3) is 0 Å². The minimum Gasteiger partial charge on any atom is -0.424 e. The van der Waals surface area contributed by atoms with E-state index in [0.29, 0.717) is 14.5 Å². The fraction of sp³-hybridized carbons (Fsp3) is 0.133. The lowest BCUT2D eigenvalue weighted by molar-refractivity contribution is -0.134. The van der Waals surface area contributed by atoms with E-state index in [1.165, 1.54) is 37.4 Å². The van der Waals surface area contributed by atoms with E-state index < -0.39 is 22.5 Å². The number of carbonyl (C=O) groups is 1. The third-order valence-corrected chi connectivity index (χ3v) is 5.92. The summed E-state index contributed by atoms with van der Waals surface area (Å²) in [5, 5.41) is 0.896. The number of nitrogens with zero attached hydrogens (tertiary/aromatic N) is 1. The molecular formula is C15H12BrCl2NO4S. The topological polar surface area (TPSA) is 63.7 Å². The van der Waals surface area contributed by atoms with Crippen LogP contribution in [0.15, 0.2) is 51.8 Å². The standard InChI is InChI=1S/C15H12BrCl2NO4S/c1-19(24(21,22)12-5-2-10(17)3-6-12)9-15(20)23-14-7-4-11(18)8-13(14)16/h2-8H,9H2,1H3. The summed E-state index contributed by atoms with van der Waals surface area (Å²) in [6, 6.07) is 10.3. The van der Waals surface area contributed by atoms with Crippen molar-refractivity contribution in [1.82, 2.24) is 4.31 Å². The molecule has 0 heterocycles. The van der Waals surface area contributed by atoms with Crippen molar-refractivity contribution in [2.75, 3.05) is 13.6 Å². The number of benzene rings is 2. The molecule has 24 heavy (non-hydrogen) atoms. The Labute approximate surface area is 158 Å². The van der Waals surface area contributed by atoms with Gasteiger partial charge in [0.15, 0.2) is 0 Å². The number of esters is 1. The molecule has 0 aromatic heterocycles. The Hall–Kier alpha value is -1.12. The van der Waals surface area contributed by atoms with Gasteiger partial charge < -0.3 is 4.74 Å². The molecule has 0 saturated carbocycles. The summed E-state index contributed by atoms with van der Waals surface area (Å²) in [5.74, 6) is -0.472. The van der Waals surface area contributed by atoms with Crippen molar-refractivity contribution in [2.45, 2.75) is 4.90 Å². The molecule has 2 rings (SSSR count). The highest BCUT2D eigenvalue weighted by molar-refractivity contribution is 9.10. The van der Waals surface area contributed by atoms with E-state index >= 15 is 0 Å². The number of halogens is 3. The van der Waals surface area contributed by atoms with Gasteiger partial charge in [-0.25, -0.2) is 8.42 Å². The van der Waals surface area contributed by atoms with Gasteiger partial charge in [-0.05, 0) is 58.4 Å². The fourth-order valence-corrected chi connectivity index (χ4v) is 3.77. The minimum absolute atomic E-state index is 0.0369. The molecular weight excluding hydrogens is 441 g/mol. The van der Waals surface area contributed by atoms with Crippen molar-refractivity contribution in [3.8, 4) is 5.75 Å². The highest BCUT2D eigenvalue weighted by Crippen LogP contribution is 2.28. The Morgan fingerprint density at radius 1 is 1.12 bits per heavy atom. The highest BCUT2D eigenvalue weighted by atomic mass is 79.9. The van der Waals surface area contributed by atoms with Crippen LogP contribution in [-0.2, 0) is 14.8 Å². The minimum atomic E-state index is -3.82. The largest absolute Gasteiger partial charge is 0.424 e. The predicted molar refractivity (Wildman–Crippen MR) is 96.1 cm³/mol. The quantitative estimate of drug-likeness (QED) is 0.508. The number of hydrogen-bond donors (Lipinski definition) is 0. The Bertz CT molecular complexity index is 856. The monoisotopic (exact) mass is 451 g/mol. The third kappa shape index (κ3) is 4.70. The van der Waals surface area contributed by atoms with E-state index in [-0.39, 0.29) is 10.6 Å². The average Bonchev–Trinajstić information content (AvgIpc) is 2.50. The van der Waals surface area contributed by atoms with Crippen LogP contribution in [0.4, 0.5) is 0 Å². The van der Waals surface area contributed by atoms with Crippen molar-refractivity contribution in [3.05, 3.63) is 57.0 Å². The summed E-state index contributed by atoms with van der Waals surface area (Å²) in [6.45, 7) is -0.444. The van der Waals surface area contributed by atoms with Crippen molar-refractivity contribution >= 4 is 55.1 Å². The number of hydrogen-bond acceptors (Lipinski definition) is 4. The molecule has 0 aliphatic heterocycles. The van der Waals surface area contributed by atoms with Crippen LogP contribution in [0.2, 0.25) is 10.0 Å². The normalized spacial score (nSPS) is 11.5. The third-order valence-electron chi connectivity index (χ3n) is 2.99. The second kappa shape index (κ2) is 7.84. The van der Waals surface area contributed by atoms with Gasteiger partial charge in [0, 0.05) is 17.1 Å².